The molecular weight excluding hydrogens is 337 g/mol. The van der Waals surface area contributed by atoms with Crippen LogP contribution in [-0.4, -0.2) is 25.0 Å². The maximum absolute atomic E-state index is 12.4. The number of ether oxygens (including phenoxy) is 1. The van der Waals surface area contributed by atoms with Crippen LogP contribution in [-0.2, 0) is 9.53 Å². The lowest BCUT2D eigenvalue weighted by atomic mass is 10.2. The molecule has 0 aliphatic rings. The van der Waals surface area contributed by atoms with Gasteiger partial charge in [0.25, 0.3) is 5.91 Å². The van der Waals surface area contributed by atoms with Crippen molar-refractivity contribution in [1.29, 1.82) is 0 Å². The number of para-hydroxylation sites is 1. The van der Waals surface area contributed by atoms with Crippen molar-refractivity contribution in [2.75, 3.05) is 11.9 Å². The number of carbonyl (C=O) groups is 2. The summed E-state index contributed by atoms with van der Waals surface area (Å²) in [7, 11) is 1.62. The molecule has 0 saturated carbocycles. The van der Waals surface area contributed by atoms with Gasteiger partial charge in [-0.2, -0.15) is 0 Å². The van der Waals surface area contributed by atoms with E-state index in [1.165, 1.54) is 24.0 Å². The molecule has 2 rings (SSSR count). The molecular formula is C17H15Cl2NO3. The zero-order chi connectivity index (χ0) is 17.0. The summed E-state index contributed by atoms with van der Waals surface area (Å²) in [5.41, 5.74) is 0.758. The molecule has 1 unspecified atom stereocenters. The van der Waals surface area contributed by atoms with Crippen LogP contribution in [0.25, 0.3) is 0 Å². The van der Waals surface area contributed by atoms with E-state index in [0.717, 1.165) is 0 Å². The fourth-order valence-electron chi connectivity index (χ4n) is 2.01. The van der Waals surface area contributed by atoms with Gasteiger partial charge in [-0.15, -0.1) is 0 Å². The Labute approximate surface area is 144 Å². The normalized spacial score (nSPS) is 11.7. The highest BCUT2D eigenvalue weighted by Gasteiger charge is 2.25. The van der Waals surface area contributed by atoms with Crippen LogP contribution < -0.4 is 4.90 Å². The van der Waals surface area contributed by atoms with E-state index in [-0.39, 0.29) is 21.5 Å². The Morgan fingerprint density at radius 2 is 1.57 bits per heavy atom. The molecule has 0 saturated heterocycles. The Kier molecular flexibility index (Phi) is 5.64. The van der Waals surface area contributed by atoms with Crippen LogP contribution >= 0.6 is 23.2 Å². The quantitative estimate of drug-likeness (QED) is 0.775. The Bertz CT molecular complexity index is 699. The fraction of sp³-hybridized carbons (Fsp3) is 0.176. The van der Waals surface area contributed by atoms with Gasteiger partial charge in [0.15, 0.2) is 6.10 Å². The summed E-state index contributed by atoms with van der Waals surface area (Å²) in [4.78, 5) is 26.0. The van der Waals surface area contributed by atoms with Gasteiger partial charge in [-0.1, -0.05) is 47.5 Å². The van der Waals surface area contributed by atoms with Crippen molar-refractivity contribution in [3.8, 4) is 0 Å². The summed E-state index contributed by atoms with van der Waals surface area (Å²) in [6, 6.07) is 13.8. The first-order valence-electron chi connectivity index (χ1n) is 6.89. The molecule has 0 N–H and O–H groups in total. The minimum Gasteiger partial charge on any atom is -0.449 e. The lowest BCUT2D eigenvalue weighted by molar-refractivity contribution is -0.126. The Morgan fingerprint density at radius 3 is 2.13 bits per heavy atom. The molecule has 0 spiro atoms. The molecule has 2 aromatic rings. The van der Waals surface area contributed by atoms with Crippen molar-refractivity contribution in [3.05, 3.63) is 64.1 Å². The number of amides is 1. The van der Waals surface area contributed by atoms with Crippen molar-refractivity contribution < 1.29 is 14.3 Å². The van der Waals surface area contributed by atoms with E-state index in [0.29, 0.717) is 5.69 Å². The third-order valence-electron chi connectivity index (χ3n) is 3.27. The van der Waals surface area contributed by atoms with Gasteiger partial charge < -0.3 is 9.64 Å². The first-order chi connectivity index (χ1) is 10.9. The number of nitrogens with zero attached hydrogens (tertiary/aromatic N) is 1. The van der Waals surface area contributed by atoms with Gasteiger partial charge >= 0.3 is 5.97 Å². The largest absolute Gasteiger partial charge is 0.449 e. The standard InChI is InChI=1S/C17H15Cl2NO3/c1-11(16(21)20(2)12-7-4-3-5-8-12)23-17(22)15-13(18)9-6-10-14(15)19/h3-11H,1-2H3. The van der Waals surface area contributed by atoms with Crippen molar-refractivity contribution in [2.45, 2.75) is 13.0 Å². The maximum Gasteiger partial charge on any atom is 0.341 e. The SMILES string of the molecule is CC(OC(=O)c1c(Cl)cccc1Cl)C(=O)N(C)c1ccccc1. The first kappa shape index (κ1) is 17.3. The third kappa shape index (κ3) is 4.03. The number of rotatable bonds is 4. The van der Waals surface area contributed by atoms with Gasteiger partial charge in [-0.05, 0) is 31.2 Å². The number of hydrogen-bond acceptors (Lipinski definition) is 3. The average molecular weight is 352 g/mol. The number of hydrogen-bond donors (Lipinski definition) is 0. The highest BCUT2D eigenvalue weighted by molar-refractivity contribution is 6.39. The molecule has 1 atom stereocenters. The molecule has 0 fully saturated rings. The summed E-state index contributed by atoms with van der Waals surface area (Å²) in [5.74, 6) is -1.09. The van der Waals surface area contributed by atoms with Crippen molar-refractivity contribution in [3.63, 3.8) is 0 Å². The number of esters is 1. The van der Waals surface area contributed by atoms with E-state index in [9.17, 15) is 9.59 Å². The van der Waals surface area contributed by atoms with Crippen LogP contribution in [0, 0.1) is 0 Å². The van der Waals surface area contributed by atoms with Crippen LogP contribution in [0.3, 0.4) is 0 Å². The number of anilines is 1. The minimum absolute atomic E-state index is 0.0536. The second-order valence-corrected chi connectivity index (χ2v) is 5.69. The number of carbonyl (C=O) groups excluding carboxylic acids is 2. The summed E-state index contributed by atoms with van der Waals surface area (Å²) in [6.45, 7) is 1.50. The topological polar surface area (TPSA) is 46.6 Å². The molecule has 0 aliphatic carbocycles. The van der Waals surface area contributed by atoms with Gasteiger partial charge in [0.2, 0.25) is 0 Å². The average Bonchev–Trinajstić information content (AvgIpc) is 2.54. The van der Waals surface area contributed by atoms with Crippen molar-refractivity contribution >= 4 is 40.8 Å². The predicted octanol–water partition coefficient (Wildman–Crippen LogP) is 4.20. The Hall–Kier alpha value is -2.04. The molecule has 4 nitrogen and oxygen atoms in total. The molecule has 120 valence electrons. The van der Waals surface area contributed by atoms with Gasteiger partial charge in [-0.3, -0.25) is 4.79 Å². The third-order valence-corrected chi connectivity index (χ3v) is 3.90. The molecule has 1 amide bonds. The van der Waals surface area contributed by atoms with Crippen LogP contribution in [0.15, 0.2) is 48.5 Å². The minimum atomic E-state index is -0.972. The molecule has 0 aliphatic heterocycles. The number of benzene rings is 2. The molecule has 0 heterocycles. The van der Waals surface area contributed by atoms with Crippen molar-refractivity contribution in [1.82, 2.24) is 0 Å². The van der Waals surface area contributed by atoms with Crippen LogP contribution in [0.1, 0.15) is 17.3 Å². The number of halogens is 2. The van der Waals surface area contributed by atoms with E-state index in [1.807, 2.05) is 18.2 Å². The van der Waals surface area contributed by atoms with E-state index in [1.54, 1.807) is 25.2 Å². The van der Waals surface area contributed by atoms with Crippen LogP contribution in [0.4, 0.5) is 5.69 Å². The summed E-state index contributed by atoms with van der Waals surface area (Å²) in [5, 5.41) is 0.358. The second kappa shape index (κ2) is 7.49. The van der Waals surface area contributed by atoms with Gasteiger partial charge in [0, 0.05) is 12.7 Å². The highest BCUT2D eigenvalue weighted by Crippen LogP contribution is 2.25. The second-order valence-electron chi connectivity index (χ2n) is 4.88. The monoisotopic (exact) mass is 351 g/mol. The predicted molar refractivity (Wildman–Crippen MR) is 91.2 cm³/mol. The van der Waals surface area contributed by atoms with Gasteiger partial charge in [-0.25, -0.2) is 4.79 Å². The molecule has 0 bridgehead atoms. The first-order valence-corrected chi connectivity index (χ1v) is 7.65. The fourth-order valence-corrected chi connectivity index (χ4v) is 2.57. The van der Waals surface area contributed by atoms with E-state index < -0.39 is 12.1 Å². The molecule has 23 heavy (non-hydrogen) atoms. The van der Waals surface area contributed by atoms with Crippen molar-refractivity contribution in [2.24, 2.45) is 0 Å². The van der Waals surface area contributed by atoms with Crippen LogP contribution in [0.5, 0.6) is 0 Å². The molecule has 2 aromatic carbocycles. The zero-order valence-electron chi connectivity index (χ0n) is 12.6. The van der Waals surface area contributed by atoms with Crippen LogP contribution in [0.2, 0.25) is 10.0 Å². The Balaban J connectivity index is 2.11. The molecule has 6 heteroatoms. The number of likely N-dealkylation sites (N-methyl/N-ethyl adjacent to an activating group) is 1. The highest BCUT2D eigenvalue weighted by atomic mass is 35.5. The summed E-state index contributed by atoms with van der Waals surface area (Å²) >= 11 is 11.9. The Morgan fingerprint density at radius 1 is 1.00 bits per heavy atom. The van der Waals surface area contributed by atoms with Gasteiger partial charge in [0.05, 0.1) is 15.6 Å². The van der Waals surface area contributed by atoms with E-state index in [4.69, 9.17) is 27.9 Å². The summed E-state index contributed by atoms with van der Waals surface area (Å²) in [6.07, 6.45) is -0.972. The lowest BCUT2D eigenvalue weighted by Crippen LogP contribution is -2.37. The van der Waals surface area contributed by atoms with E-state index in [2.05, 4.69) is 0 Å². The summed E-state index contributed by atoms with van der Waals surface area (Å²) < 4.78 is 5.20. The zero-order valence-corrected chi connectivity index (χ0v) is 14.1. The van der Waals surface area contributed by atoms with E-state index >= 15 is 0 Å². The maximum atomic E-state index is 12.4. The molecule has 0 radical (unpaired) electrons. The smallest absolute Gasteiger partial charge is 0.341 e. The lowest BCUT2D eigenvalue weighted by Gasteiger charge is -2.21. The van der Waals surface area contributed by atoms with Gasteiger partial charge in [0.1, 0.15) is 0 Å². The molecule has 0 aromatic heterocycles.